The van der Waals surface area contributed by atoms with Crippen LogP contribution in [0.15, 0.2) is 15.9 Å². The van der Waals surface area contributed by atoms with Crippen LogP contribution in [0.4, 0.5) is 0 Å². The standard InChI is InChI=1S/C11H20IN/c1-2-3-4-5-6-7-8-9-10-11-13-12/h2,11H,1,3-10H2. The summed E-state index contributed by atoms with van der Waals surface area (Å²) in [6, 6.07) is 0. The third kappa shape index (κ3) is 12.1. The van der Waals surface area contributed by atoms with E-state index in [-0.39, 0.29) is 0 Å². The molecule has 0 fully saturated rings. The summed E-state index contributed by atoms with van der Waals surface area (Å²) in [5.74, 6) is 0. The molecule has 0 radical (unpaired) electrons. The summed E-state index contributed by atoms with van der Waals surface area (Å²) >= 11 is 2.03. The lowest BCUT2D eigenvalue weighted by molar-refractivity contribution is 0.605. The highest BCUT2D eigenvalue weighted by Crippen LogP contribution is 2.08. The summed E-state index contributed by atoms with van der Waals surface area (Å²) in [7, 11) is 0. The predicted molar refractivity (Wildman–Crippen MR) is 69.6 cm³/mol. The molecule has 0 unspecified atom stereocenters. The highest BCUT2D eigenvalue weighted by Gasteiger charge is 1.89. The molecular weight excluding hydrogens is 273 g/mol. The molecule has 0 rings (SSSR count). The first kappa shape index (κ1) is 13.1. The molecule has 0 aromatic carbocycles. The Morgan fingerprint density at radius 1 is 0.923 bits per heavy atom. The smallest absolute Gasteiger partial charge is 0.0827 e. The van der Waals surface area contributed by atoms with Crippen molar-refractivity contribution in [1.82, 2.24) is 0 Å². The van der Waals surface area contributed by atoms with E-state index in [2.05, 4.69) is 9.78 Å². The Bertz CT molecular complexity index is 132. The largest absolute Gasteiger partial charge is 0.228 e. The van der Waals surface area contributed by atoms with Crippen molar-refractivity contribution >= 4 is 29.1 Å². The third-order valence-corrected chi connectivity index (χ3v) is 2.45. The molecule has 0 saturated heterocycles. The second-order valence-corrected chi connectivity index (χ2v) is 3.82. The first-order chi connectivity index (χ1) is 6.41. The van der Waals surface area contributed by atoms with Crippen LogP contribution in [0.2, 0.25) is 0 Å². The quantitative estimate of drug-likeness (QED) is 0.252. The Hall–Kier alpha value is 0.140. The van der Waals surface area contributed by atoms with Crippen molar-refractivity contribution in [2.75, 3.05) is 0 Å². The average molecular weight is 293 g/mol. The SMILES string of the molecule is C=CCCCCCCCCC=NI. The molecule has 0 bridgehead atoms. The first-order valence-corrected chi connectivity index (χ1v) is 6.12. The fraction of sp³-hybridized carbons (Fsp3) is 0.727. The Labute approximate surface area is 96.2 Å². The molecule has 0 aliphatic carbocycles. The molecule has 0 atom stereocenters. The zero-order valence-electron chi connectivity index (χ0n) is 8.34. The van der Waals surface area contributed by atoms with Crippen molar-refractivity contribution in [3.8, 4) is 0 Å². The van der Waals surface area contributed by atoms with Crippen molar-refractivity contribution in [1.29, 1.82) is 0 Å². The first-order valence-electron chi connectivity index (χ1n) is 5.15. The van der Waals surface area contributed by atoms with Crippen LogP contribution in [0, 0.1) is 0 Å². The molecule has 0 aliphatic rings. The number of hydrogen-bond acceptors (Lipinski definition) is 1. The average Bonchev–Trinajstić information content (AvgIpc) is 2.16. The molecule has 0 heterocycles. The lowest BCUT2D eigenvalue weighted by Gasteiger charge is -1.98. The number of unbranched alkanes of at least 4 members (excludes halogenated alkanes) is 7. The molecule has 1 nitrogen and oxygen atoms in total. The van der Waals surface area contributed by atoms with E-state index in [1.54, 1.807) is 0 Å². The van der Waals surface area contributed by atoms with E-state index in [9.17, 15) is 0 Å². The third-order valence-electron chi connectivity index (χ3n) is 2.06. The summed E-state index contributed by atoms with van der Waals surface area (Å²) in [6.07, 6.45) is 14.4. The summed E-state index contributed by atoms with van der Waals surface area (Å²) < 4.78 is 3.93. The van der Waals surface area contributed by atoms with Crippen LogP contribution in [-0.4, -0.2) is 6.21 Å². The molecule has 13 heavy (non-hydrogen) atoms. The maximum Gasteiger partial charge on any atom is 0.0827 e. The van der Waals surface area contributed by atoms with E-state index >= 15 is 0 Å². The molecule has 76 valence electrons. The topological polar surface area (TPSA) is 12.4 Å². The minimum Gasteiger partial charge on any atom is -0.228 e. The number of hydrogen-bond donors (Lipinski definition) is 0. The second kappa shape index (κ2) is 12.1. The Kier molecular flexibility index (Phi) is 12.3. The van der Waals surface area contributed by atoms with Gasteiger partial charge in [-0.05, 0) is 25.7 Å². The van der Waals surface area contributed by atoms with Gasteiger partial charge < -0.3 is 0 Å². The van der Waals surface area contributed by atoms with Gasteiger partial charge >= 0.3 is 0 Å². The fourth-order valence-corrected chi connectivity index (χ4v) is 1.56. The van der Waals surface area contributed by atoms with E-state index in [4.69, 9.17) is 0 Å². The van der Waals surface area contributed by atoms with E-state index < -0.39 is 0 Å². The van der Waals surface area contributed by atoms with Crippen LogP contribution >= 0.6 is 22.9 Å². The Morgan fingerprint density at radius 2 is 1.46 bits per heavy atom. The van der Waals surface area contributed by atoms with Gasteiger partial charge in [0.25, 0.3) is 0 Å². The van der Waals surface area contributed by atoms with Gasteiger partial charge in [0, 0.05) is 6.21 Å². The minimum absolute atomic E-state index is 1.15. The van der Waals surface area contributed by atoms with Gasteiger partial charge in [0.2, 0.25) is 0 Å². The second-order valence-electron chi connectivity index (χ2n) is 3.27. The fourth-order valence-electron chi connectivity index (χ4n) is 1.28. The lowest BCUT2D eigenvalue weighted by Crippen LogP contribution is -1.80. The van der Waals surface area contributed by atoms with Gasteiger partial charge in [0.15, 0.2) is 0 Å². The number of allylic oxidation sites excluding steroid dienone is 1. The molecular formula is C11H20IN. The summed E-state index contributed by atoms with van der Waals surface area (Å²) in [4.78, 5) is 0. The minimum atomic E-state index is 1.15. The summed E-state index contributed by atoms with van der Waals surface area (Å²) in [6.45, 7) is 3.71. The van der Waals surface area contributed by atoms with Crippen molar-refractivity contribution in [3.63, 3.8) is 0 Å². The van der Waals surface area contributed by atoms with Crippen molar-refractivity contribution in [3.05, 3.63) is 12.7 Å². The van der Waals surface area contributed by atoms with Crippen LogP contribution < -0.4 is 0 Å². The molecule has 0 N–H and O–H groups in total. The molecule has 0 aromatic rings. The van der Waals surface area contributed by atoms with Crippen molar-refractivity contribution < 1.29 is 0 Å². The molecule has 2 heteroatoms. The van der Waals surface area contributed by atoms with Gasteiger partial charge in [-0.2, -0.15) is 0 Å². The highest BCUT2D eigenvalue weighted by molar-refractivity contribution is 14.1. The molecule has 0 aliphatic heterocycles. The van der Waals surface area contributed by atoms with Crippen LogP contribution in [0.25, 0.3) is 0 Å². The molecule has 0 saturated carbocycles. The monoisotopic (exact) mass is 293 g/mol. The van der Waals surface area contributed by atoms with Crippen molar-refractivity contribution in [2.45, 2.75) is 51.4 Å². The number of rotatable bonds is 9. The van der Waals surface area contributed by atoms with E-state index in [0.717, 1.165) is 6.42 Å². The van der Waals surface area contributed by atoms with Crippen LogP contribution in [0.1, 0.15) is 51.4 Å². The van der Waals surface area contributed by atoms with E-state index in [1.165, 1.54) is 44.9 Å². The molecule has 0 aromatic heterocycles. The number of nitrogens with zero attached hydrogens (tertiary/aromatic N) is 1. The normalized spacial score (nSPS) is 10.8. The number of halogens is 1. The Balaban J connectivity index is 2.87. The van der Waals surface area contributed by atoms with Crippen LogP contribution in [-0.2, 0) is 0 Å². The maximum atomic E-state index is 3.93. The maximum absolute atomic E-state index is 3.93. The zero-order valence-corrected chi connectivity index (χ0v) is 10.5. The summed E-state index contributed by atoms with van der Waals surface area (Å²) in [5.41, 5.74) is 0. The van der Waals surface area contributed by atoms with Gasteiger partial charge in [0.1, 0.15) is 0 Å². The predicted octanol–water partition coefficient (Wildman–Crippen LogP) is 4.71. The van der Waals surface area contributed by atoms with E-state index in [1.807, 2.05) is 35.2 Å². The highest BCUT2D eigenvalue weighted by atomic mass is 127. The zero-order chi connectivity index (χ0) is 9.78. The van der Waals surface area contributed by atoms with Gasteiger partial charge in [-0.15, -0.1) is 6.58 Å². The Morgan fingerprint density at radius 3 is 2.00 bits per heavy atom. The van der Waals surface area contributed by atoms with Crippen molar-refractivity contribution in [2.24, 2.45) is 3.21 Å². The van der Waals surface area contributed by atoms with Gasteiger partial charge in [0.05, 0.1) is 22.9 Å². The van der Waals surface area contributed by atoms with E-state index in [0.29, 0.717) is 0 Å². The molecule has 0 amide bonds. The molecule has 0 spiro atoms. The van der Waals surface area contributed by atoms with Crippen LogP contribution in [0.5, 0.6) is 0 Å². The van der Waals surface area contributed by atoms with Crippen LogP contribution in [0.3, 0.4) is 0 Å². The summed E-state index contributed by atoms with van der Waals surface area (Å²) in [5, 5.41) is 0. The lowest BCUT2D eigenvalue weighted by atomic mass is 10.1. The van der Waals surface area contributed by atoms with Gasteiger partial charge in [-0.25, -0.2) is 3.21 Å². The van der Waals surface area contributed by atoms with Gasteiger partial charge in [-0.3, -0.25) is 0 Å². The van der Waals surface area contributed by atoms with Gasteiger partial charge in [-0.1, -0.05) is 31.8 Å².